The number of aromatic hydroxyl groups is 1. The van der Waals surface area contributed by atoms with Crippen molar-refractivity contribution in [3.05, 3.63) is 64.2 Å². The number of benzene rings is 2. The summed E-state index contributed by atoms with van der Waals surface area (Å²) in [7, 11) is 4.19. The highest BCUT2D eigenvalue weighted by atomic mass is 35.5. The molecule has 2 spiro atoms. The standard InChI is InChI=1S/C30H35ClN2O3/c1-33-15-13-29-25-20-7-10-23(34)26(25)36-27(29)30(35-2)12-11-28(29,24(33)16-20)17-21(30)18-32-14-3-4-19-5-8-22(31)9-6-19/h3-10,21,24,27,32,34H,11-18H2,1-2H3/b4-3+/t21-,24-,27-,28-,29+,30+/m1/s1. The van der Waals surface area contributed by atoms with Crippen LogP contribution in [0.2, 0.25) is 5.02 Å². The number of halogens is 1. The Morgan fingerprint density at radius 1 is 1.19 bits per heavy atom. The van der Waals surface area contributed by atoms with E-state index < -0.39 is 0 Å². The van der Waals surface area contributed by atoms with E-state index in [4.69, 9.17) is 21.1 Å². The molecule has 2 heterocycles. The van der Waals surface area contributed by atoms with Crippen molar-refractivity contribution in [1.29, 1.82) is 0 Å². The van der Waals surface area contributed by atoms with Crippen molar-refractivity contribution in [2.45, 2.75) is 55.3 Å². The molecule has 2 aliphatic heterocycles. The maximum absolute atomic E-state index is 10.9. The third-order valence-electron chi connectivity index (χ3n) is 10.6. The van der Waals surface area contributed by atoms with Gasteiger partial charge in [-0.15, -0.1) is 0 Å². The van der Waals surface area contributed by atoms with Crippen LogP contribution in [0.25, 0.3) is 6.08 Å². The molecule has 8 rings (SSSR count). The molecule has 1 saturated heterocycles. The van der Waals surface area contributed by atoms with E-state index in [1.54, 1.807) is 0 Å². The first kappa shape index (κ1) is 23.1. The van der Waals surface area contributed by atoms with E-state index in [0.29, 0.717) is 12.0 Å². The molecule has 3 saturated carbocycles. The highest BCUT2D eigenvalue weighted by molar-refractivity contribution is 6.30. The minimum atomic E-state index is -0.352. The number of phenolic OH excluding ortho intramolecular Hbond substituents is 1. The first-order chi connectivity index (χ1) is 17.4. The van der Waals surface area contributed by atoms with Crippen LogP contribution < -0.4 is 10.1 Å². The first-order valence-electron chi connectivity index (χ1n) is 13.4. The van der Waals surface area contributed by atoms with Crippen molar-refractivity contribution in [3.8, 4) is 11.5 Å². The molecule has 5 nitrogen and oxygen atoms in total. The minimum absolute atomic E-state index is 0.0486. The molecular weight excluding hydrogens is 472 g/mol. The number of fused-ring (bicyclic) bond motifs is 2. The van der Waals surface area contributed by atoms with Gasteiger partial charge in [-0.1, -0.05) is 42.0 Å². The molecule has 190 valence electrons. The average molecular weight is 507 g/mol. The number of piperidine rings is 1. The lowest BCUT2D eigenvalue weighted by Gasteiger charge is -2.73. The lowest BCUT2D eigenvalue weighted by atomic mass is 9.35. The summed E-state index contributed by atoms with van der Waals surface area (Å²) in [6.07, 6.45) is 9.69. The number of nitrogens with one attached hydrogen (secondary N) is 1. The van der Waals surface area contributed by atoms with Gasteiger partial charge in [-0.25, -0.2) is 0 Å². The normalized spacial score (nSPS) is 37.8. The fourth-order valence-corrected chi connectivity index (χ4v) is 9.31. The zero-order chi connectivity index (χ0) is 24.7. The van der Waals surface area contributed by atoms with Crippen LogP contribution >= 0.6 is 11.6 Å². The van der Waals surface area contributed by atoms with Gasteiger partial charge in [0.05, 0.1) is 0 Å². The average Bonchev–Trinajstić information content (AvgIpc) is 3.26. The SMILES string of the molecule is CO[C@@]12CC[C@@]3(C[C@@H]1CNC/C=C/c1ccc(Cl)cc1)[C@H]1Cc4ccc(O)c5c4[C@@]3(CCN1C)[C@H]2O5. The van der Waals surface area contributed by atoms with Crippen molar-refractivity contribution in [3.63, 3.8) is 0 Å². The Hall–Kier alpha value is -2.05. The molecule has 0 unspecified atom stereocenters. The van der Waals surface area contributed by atoms with Crippen LogP contribution in [0.15, 0.2) is 42.5 Å². The quantitative estimate of drug-likeness (QED) is 0.551. The summed E-state index contributed by atoms with van der Waals surface area (Å²) in [5.74, 6) is 1.38. The number of ether oxygens (including phenoxy) is 2. The van der Waals surface area contributed by atoms with Gasteiger partial charge in [-0.05, 0) is 75.0 Å². The van der Waals surface area contributed by atoms with Crippen LogP contribution in [-0.2, 0) is 16.6 Å². The fraction of sp³-hybridized carbons (Fsp3) is 0.533. The van der Waals surface area contributed by atoms with Crippen LogP contribution in [0.1, 0.15) is 42.4 Å². The number of hydrogen-bond donors (Lipinski definition) is 2. The van der Waals surface area contributed by atoms with Gasteiger partial charge in [-0.2, -0.15) is 0 Å². The third kappa shape index (κ3) is 2.78. The van der Waals surface area contributed by atoms with Gasteiger partial charge in [0.25, 0.3) is 0 Å². The highest BCUT2D eigenvalue weighted by Crippen LogP contribution is 2.76. The molecule has 4 fully saturated rings. The molecule has 6 atom stereocenters. The molecule has 6 aliphatic rings. The van der Waals surface area contributed by atoms with E-state index in [9.17, 15) is 5.11 Å². The van der Waals surface area contributed by atoms with Gasteiger partial charge in [-0.3, -0.25) is 0 Å². The summed E-state index contributed by atoms with van der Waals surface area (Å²) in [4.78, 5) is 2.61. The van der Waals surface area contributed by atoms with Crippen LogP contribution in [0.4, 0.5) is 0 Å². The van der Waals surface area contributed by atoms with Gasteiger partial charge in [0.1, 0.15) is 11.7 Å². The topological polar surface area (TPSA) is 54.0 Å². The number of rotatable bonds is 6. The predicted molar refractivity (Wildman–Crippen MR) is 142 cm³/mol. The van der Waals surface area contributed by atoms with Crippen molar-refractivity contribution >= 4 is 17.7 Å². The van der Waals surface area contributed by atoms with Crippen LogP contribution in [0.3, 0.4) is 0 Å². The predicted octanol–water partition coefficient (Wildman–Crippen LogP) is 4.79. The molecule has 6 heteroatoms. The monoisotopic (exact) mass is 506 g/mol. The number of hydrogen-bond acceptors (Lipinski definition) is 5. The Morgan fingerprint density at radius 3 is 2.83 bits per heavy atom. The van der Waals surface area contributed by atoms with Gasteiger partial charge >= 0.3 is 0 Å². The Kier molecular flexibility index (Phi) is 5.12. The third-order valence-corrected chi connectivity index (χ3v) is 10.9. The Labute approximate surface area is 218 Å². The van der Waals surface area contributed by atoms with Crippen LogP contribution in [-0.4, -0.2) is 61.5 Å². The second-order valence-electron chi connectivity index (χ2n) is 11.7. The second kappa shape index (κ2) is 7.97. The maximum Gasteiger partial charge on any atom is 0.165 e. The molecule has 4 bridgehead atoms. The van der Waals surface area contributed by atoms with Crippen LogP contribution in [0.5, 0.6) is 11.5 Å². The van der Waals surface area contributed by atoms with Crippen LogP contribution in [0, 0.1) is 11.3 Å². The smallest absolute Gasteiger partial charge is 0.165 e. The highest BCUT2D eigenvalue weighted by Gasteiger charge is 2.80. The van der Waals surface area contributed by atoms with E-state index in [-0.39, 0.29) is 28.3 Å². The summed E-state index contributed by atoms with van der Waals surface area (Å²) >= 11 is 6.01. The van der Waals surface area contributed by atoms with Crippen molar-refractivity contribution in [2.24, 2.45) is 11.3 Å². The van der Waals surface area contributed by atoms with Gasteiger partial charge in [0.15, 0.2) is 11.5 Å². The molecule has 2 aromatic rings. The zero-order valence-corrected chi connectivity index (χ0v) is 21.9. The molecule has 2 aromatic carbocycles. The van der Waals surface area contributed by atoms with Gasteiger partial charge in [0, 0.05) is 53.6 Å². The summed E-state index contributed by atoms with van der Waals surface area (Å²) in [5, 5.41) is 15.4. The van der Waals surface area contributed by atoms with Crippen molar-refractivity contribution in [1.82, 2.24) is 10.2 Å². The minimum Gasteiger partial charge on any atom is -0.504 e. The molecule has 2 N–H and O–H groups in total. The number of methoxy groups -OCH3 is 1. The first-order valence-corrected chi connectivity index (χ1v) is 13.7. The summed E-state index contributed by atoms with van der Waals surface area (Å²) in [5.41, 5.74) is 3.57. The lowest BCUT2D eigenvalue weighted by Crippen LogP contribution is -2.81. The largest absolute Gasteiger partial charge is 0.504 e. The Bertz CT molecular complexity index is 1230. The number of phenols is 1. The fourth-order valence-electron chi connectivity index (χ4n) is 9.18. The summed E-state index contributed by atoms with van der Waals surface area (Å²) in [6.45, 7) is 2.76. The van der Waals surface area contributed by atoms with Gasteiger partial charge in [0.2, 0.25) is 0 Å². The Morgan fingerprint density at radius 2 is 2.03 bits per heavy atom. The lowest BCUT2D eigenvalue weighted by molar-refractivity contribution is -0.274. The molecular formula is C30H35ClN2O3. The molecule has 0 radical (unpaired) electrons. The second-order valence-corrected chi connectivity index (χ2v) is 12.1. The van der Waals surface area contributed by atoms with E-state index in [1.807, 2.05) is 37.4 Å². The Balaban J connectivity index is 1.21. The number of likely N-dealkylation sites (tertiary alicyclic amines) is 1. The molecule has 4 aliphatic carbocycles. The van der Waals surface area contributed by atoms with E-state index in [2.05, 4.69) is 35.5 Å². The van der Waals surface area contributed by atoms with Gasteiger partial charge < -0.3 is 24.8 Å². The maximum atomic E-state index is 10.9. The number of likely N-dealkylation sites (N-methyl/N-ethyl adjacent to an activating group) is 1. The summed E-state index contributed by atoms with van der Waals surface area (Å²) in [6, 6.07) is 12.4. The van der Waals surface area contributed by atoms with Crippen molar-refractivity contribution < 1.29 is 14.6 Å². The molecule has 36 heavy (non-hydrogen) atoms. The van der Waals surface area contributed by atoms with E-state index in [1.165, 1.54) is 11.1 Å². The summed E-state index contributed by atoms with van der Waals surface area (Å²) < 4.78 is 13.4. The zero-order valence-electron chi connectivity index (χ0n) is 21.1. The van der Waals surface area contributed by atoms with E-state index >= 15 is 0 Å². The molecule has 0 amide bonds. The number of nitrogens with zero attached hydrogens (tertiary/aromatic N) is 1. The van der Waals surface area contributed by atoms with E-state index in [0.717, 1.165) is 68.1 Å². The van der Waals surface area contributed by atoms with Crippen molar-refractivity contribution in [2.75, 3.05) is 33.8 Å². The molecule has 0 aromatic heterocycles.